The molecule has 9 heteroatoms. The summed E-state index contributed by atoms with van der Waals surface area (Å²) in [6, 6.07) is 3.32. The van der Waals surface area contributed by atoms with Crippen molar-refractivity contribution in [2.45, 2.75) is 6.54 Å². The molecule has 0 N–H and O–H groups in total. The molecule has 128 valence electrons. The SMILES string of the molecule is Cn1cnn(CC(=O)N2CCN(c3cc(F)ccc3F)CC2)c1=O. The van der Waals surface area contributed by atoms with E-state index in [1.807, 2.05) is 0 Å². The van der Waals surface area contributed by atoms with Gasteiger partial charge >= 0.3 is 5.69 Å². The Morgan fingerprint density at radius 1 is 1.21 bits per heavy atom. The number of hydrogen-bond donors (Lipinski definition) is 0. The van der Waals surface area contributed by atoms with Crippen LogP contribution >= 0.6 is 0 Å². The normalized spacial score (nSPS) is 15.0. The molecule has 3 rings (SSSR count). The van der Waals surface area contributed by atoms with Gasteiger partial charge in [0.05, 0.1) is 5.69 Å². The fourth-order valence-electron chi connectivity index (χ4n) is 2.68. The largest absolute Gasteiger partial charge is 0.366 e. The number of nitrogens with zero attached hydrogens (tertiary/aromatic N) is 5. The minimum Gasteiger partial charge on any atom is -0.366 e. The minimum absolute atomic E-state index is 0.131. The highest BCUT2D eigenvalue weighted by molar-refractivity contribution is 5.76. The van der Waals surface area contributed by atoms with Gasteiger partial charge in [0, 0.05) is 39.3 Å². The van der Waals surface area contributed by atoms with Crippen LogP contribution in [0, 0.1) is 11.6 Å². The van der Waals surface area contributed by atoms with E-state index in [2.05, 4.69) is 5.10 Å². The van der Waals surface area contributed by atoms with Crippen LogP contribution in [0.25, 0.3) is 0 Å². The van der Waals surface area contributed by atoms with E-state index in [0.29, 0.717) is 26.2 Å². The average molecular weight is 337 g/mol. The summed E-state index contributed by atoms with van der Waals surface area (Å²) in [5, 5.41) is 3.85. The summed E-state index contributed by atoms with van der Waals surface area (Å²) in [7, 11) is 1.56. The van der Waals surface area contributed by atoms with Gasteiger partial charge in [0.1, 0.15) is 24.5 Å². The van der Waals surface area contributed by atoms with Gasteiger partial charge in [0.2, 0.25) is 5.91 Å². The van der Waals surface area contributed by atoms with Crippen LogP contribution in [0.4, 0.5) is 14.5 Å². The van der Waals surface area contributed by atoms with E-state index < -0.39 is 11.6 Å². The molecule has 1 aromatic carbocycles. The van der Waals surface area contributed by atoms with Gasteiger partial charge in [-0.25, -0.2) is 18.3 Å². The molecule has 24 heavy (non-hydrogen) atoms. The Hall–Kier alpha value is -2.71. The zero-order valence-corrected chi connectivity index (χ0v) is 13.2. The summed E-state index contributed by atoms with van der Waals surface area (Å²) in [6.07, 6.45) is 1.35. The van der Waals surface area contributed by atoms with Crippen molar-refractivity contribution >= 4 is 11.6 Å². The van der Waals surface area contributed by atoms with Gasteiger partial charge in [0.25, 0.3) is 0 Å². The molecule has 1 aromatic heterocycles. The zero-order valence-electron chi connectivity index (χ0n) is 13.2. The Morgan fingerprint density at radius 3 is 2.54 bits per heavy atom. The summed E-state index contributed by atoms with van der Waals surface area (Å²) >= 11 is 0. The maximum absolute atomic E-state index is 13.8. The molecular formula is C15H17F2N5O2. The van der Waals surface area contributed by atoms with Crippen LogP contribution in [-0.2, 0) is 18.4 Å². The Bertz CT molecular complexity index is 808. The van der Waals surface area contributed by atoms with Gasteiger partial charge in [-0.3, -0.25) is 9.36 Å². The van der Waals surface area contributed by atoms with Crippen LogP contribution in [0.15, 0.2) is 29.3 Å². The molecule has 1 aliphatic rings. The molecule has 0 unspecified atom stereocenters. The van der Waals surface area contributed by atoms with Crippen LogP contribution in [0.3, 0.4) is 0 Å². The van der Waals surface area contributed by atoms with Gasteiger partial charge in [-0.1, -0.05) is 0 Å². The third-order valence-corrected chi connectivity index (χ3v) is 4.05. The summed E-state index contributed by atoms with van der Waals surface area (Å²) in [5.41, 5.74) is -0.160. The van der Waals surface area contributed by atoms with Crippen LogP contribution in [-0.4, -0.2) is 51.3 Å². The molecule has 1 saturated heterocycles. The molecular weight excluding hydrogens is 320 g/mol. The van der Waals surface area contributed by atoms with Crippen molar-refractivity contribution in [3.8, 4) is 0 Å². The highest BCUT2D eigenvalue weighted by Crippen LogP contribution is 2.21. The van der Waals surface area contributed by atoms with Gasteiger partial charge in [-0.2, -0.15) is 5.10 Å². The third kappa shape index (κ3) is 3.15. The van der Waals surface area contributed by atoms with E-state index in [9.17, 15) is 18.4 Å². The molecule has 2 aromatic rings. The van der Waals surface area contributed by atoms with Crippen molar-refractivity contribution in [3.05, 3.63) is 46.6 Å². The van der Waals surface area contributed by atoms with Crippen LogP contribution in [0.2, 0.25) is 0 Å². The first kappa shape index (κ1) is 16.2. The predicted octanol–water partition coefficient (Wildman–Crippen LogP) is 0.209. The summed E-state index contributed by atoms with van der Waals surface area (Å²) in [4.78, 5) is 27.3. The number of rotatable bonds is 3. The van der Waals surface area contributed by atoms with E-state index >= 15 is 0 Å². The number of anilines is 1. The molecule has 1 amide bonds. The number of hydrogen-bond acceptors (Lipinski definition) is 4. The fraction of sp³-hybridized carbons (Fsp3) is 0.400. The second-order valence-electron chi connectivity index (χ2n) is 5.65. The van der Waals surface area contributed by atoms with Gasteiger partial charge in [-0.15, -0.1) is 0 Å². The number of halogens is 2. The van der Waals surface area contributed by atoms with Crippen LogP contribution < -0.4 is 10.6 Å². The maximum Gasteiger partial charge on any atom is 0.345 e. The van der Waals surface area contributed by atoms with Crippen LogP contribution in [0.5, 0.6) is 0 Å². The quantitative estimate of drug-likeness (QED) is 0.803. The monoisotopic (exact) mass is 337 g/mol. The lowest BCUT2D eigenvalue weighted by Crippen LogP contribution is -2.50. The average Bonchev–Trinajstić information content (AvgIpc) is 2.89. The van der Waals surface area contributed by atoms with Gasteiger partial charge in [0.15, 0.2) is 0 Å². The van der Waals surface area contributed by atoms with E-state index in [1.165, 1.54) is 10.9 Å². The molecule has 0 radical (unpaired) electrons. The van der Waals surface area contributed by atoms with E-state index in [1.54, 1.807) is 16.8 Å². The first-order chi connectivity index (χ1) is 11.5. The van der Waals surface area contributed by atoms with Crippen molar-refractivity contribution in [2.24, 2.45) is 7.05 Å². The number of aromatic nitrogens is 3. The summed E-state index contributed by atoms with van der Waals surface area (Å²) in [6.45, 7) is 1.40. The molecule has 0 aliphatic carbocycles. The summed E-state index contributed by atoms with van der Waals surface area (Å²) in [5.74, 6) is -1.22. The smallest absolute Gasteiger partial charge is 0.345 e. The number of piperazine rings is 1. The van der Waals surface area contributed by atoms with Gasteiger partial charge < -0.3 is 9.80 Å². The van der Waals surface area contributed by atoms with Crippen molar-refractivity contribution in [2.75, 3.05) is 31.1 Å². The van der Waals surface area contributed by atoms with Crippen molar-refractivity contribution < 1.29 is 13.6 Å². The Balaban J connectivity index is 1.62. The molecule has 0 atom stereocenters. The molecule has 0 spiro atoms. The summed E-state index contributed by atoms with van der Waals surface area (Å²) < 4.78 is 29.5. The van der Waals surface area contributed by atoms with E-state index in [0.717, 1.165) is 22.9 Å². The molecule has 1 aliphatic heterocycles. The second-order valence-corrected chi connectivity index (χ2v) is 5.65. The molecule has 0 saturated carbocycles. The van der Waals surface area contributed by atoms with E-state index in [4.69, 9.17) is 0 Å². The fourth-order valence-corrected chi connectivity index (χ4v) is 2.68. The van der Waals surface area contributed by atoms with Crippen molar-refractivity contribution in [3.63, 3.8) is 0 Å². The predicted molar refractivity (Wildman–Crippen MR) is 82.6 cm³/mol. The number of benzene rings is 1. The number of amides is 1. The lowest BCUT2D eigenvalue weighted by atomic mass is 10.2. The topological polar surface area (TPSA) is 63.4 Å². The maximum atomic E-state index is 13.8. The highest BCUT2D eigenvalue weighted by Gasteiger charge is 2.24. The molecule has 0 bridgehead atoms. The Labute approximate surface area is 136 Å². The minimum atomic E-state index is -0.501. The first-order valence-electron chi connectivity index (χ1n) is 7.52. The first-order valence-corrected chi connectivity index (χ1v) is 7.52. The molecule has 7 nitrogen and oxygen atoms in total. The lowest BCUT2D eigenvalue weighted by molar-refractivity contribution is -0.132. The highest BCUT2D eigenvalue weighted by atomic mass is 19.1. The Morgan fingerprint density at radius 2 is 1.92 bits per heavy atom. The number of aryl methyl sites for hydroxylation is 1. The van der Waals surface area contributed by atoms with Crippen molar-refractivity contribution in [1.82, 2.24) is 19.2 Å². The van der Waals surface area contributed by atoms with Crippen LogP contribution in [0.1, 0.15) is 0 Å². The third-order valence-electron chi connectivity index (χ3n) is 4.05. The number of carbonyl (C=O) groups excluding carboxylic acids is 1. The Kier molecular flexibility index (Phi) is 4.32. The number of carbonyl (C=O) groups is 1. The van der Waals surface area contributed by atoms with Crippen molar-refractivity contribution in [1.29, 1.82) is 0 Å². The van der Waals surface area contributed by atoms with E-state index in [-0.39, 0.29) is 23.8 Å². The van der Waals surface area contributed by atoms with Gasteiger partial charge in [-0.05, 0) is 12.1 Å². The lowest BCUT2D eigenvalue weighted by Gasteiger charge is -2.36. The molecule has 1 fully saturated rings. The second kappa shape index (κ2) is 6.42. The zero-order chi connectivity index (χ0) is 17.3. The standard InChI is InChI=1S/C15H17F2N5O2/c1-19-10-18-22(15(19)24)9-14(23)21-6-4-20(5-7-21)13-8-11(16)2-3-12(13)17/h2-3,8,10H,4-7,9H2,1H3. The molecule has 2 heterocycles.